The Balaban J connectivity index is 2.01. The number of aromatic hydroxyl groups is 1. The molecule has 0 bridgehead atoms. The van der Waals surface area contributed by atoms with Gasteiger partial charge in [-0.1, -0.05) is 39.0 Å². The molecule has 26 heavy (non-hydrogen) atoms. The topological polar surface area (TPSA) is 20.2 Å². The largest absolute Gasteiger partial charge is 0.507 e. The van der Waals surface area contributed by atoms with E-state index in [1.807, 2.05) is 12.1 Å². The van der Waals surface area contributed by atoms with Gasteiger partial charge >= 0.3 is 0 Å². The van der Waals surface area contributed by atoms with Gasteiger partial charge in [-0.2, -0.15) is 22.7 Å². The van der Waals surface area contributed by atoms with Crippen LogP contribution >= 0.6 is 34.0 Å². The molecule has 3 aromatic heterocycles. The molecule has 4 aromatic rings. The second kappa shape index (κ2) is 6.69. The lowest BCUT2D eigenvalue weighted by molar-refractivity contribution is 0.448. The fourth-order valence-corrected chi connectivity index (χ4v) is 5.68. The van der Waals surface area contributed by atoms with Crippen LogP contribution in [-0.4, -0.2) is 5.11 Å². The van der Waals surface area contributed by atoms with Crippen LogP contribution in [0.2, 0.25) is 0 Å². The molecular weight excluding hydrogens is 376 g/mol. The predicted octanol–water partition coefficient (Wildman–Crippen LogP) is 7.88. The van der Waals surface area contributed by atoms with Gasteiger partial charge in [0.2, 0.25) is 0 Å². The minimum absolute atomic E-state index is 0.110. The first kappa shape index (κ1) is 17.5. The molecule has 0 fully saturated rings. The molecule has 4 heteroatoms. The highest BCUT2D eigenvalue weighted by molar-refractivity contribution is 7.15. The molecule has 0 aliphatic carbocycles. The minimum Gasteiger partial charge on any atom is -0.507 e. The third kappa shape index (κ3) is 3.02. The number of benzene rings is 1. The zero-order chi connectivity index (χ0) is 18.3. The van der Waals surface area contributed by atoms with Crippen LogP contribution in [0.4, 0.5) is 0 Å². The van der Waals surface area contributed by atoms with E-state index in [4.69, 9.17) is 0 Å². The normalized spacial score (nSPS) is 11.8. The maximum absolute atomic E-state index is 11.2. The van der Waals surface area contributed by atoms with Gasteiger partial charge in [0.15, 0.2) is 0 Å². The Labute approximate surface area is 166 Å². The number of para-hydroxylation sites is 1. The van der Waals surface area contributed by atoms with Crippen molar-refractivity contribution in [2.45, 2.75) is 26.2 Å². The highest BCUT2D eigenvalue weighted by Gasteiger charge is 2.24. The van der Waals surface area contributed by atoms with Gasteiger partial charge in [-0.3, -0.25) is 0 Å². The molecule has 132 valence electrons. The van der Waals surface area contributed by atoms with E-state index in [9.17, 15) is 5.11 Å². The fraction of sp³-hybridized carbons (Fsp3) is 0.182. The van der Waals surface area contributed by atoms with Crippen LogP contribution < -0.4 is 0 Å². The van der Waals surface area contributed by atoms with Gasteiger partial charge in [0.05, 0.1) is 0 Å². The number of phenols is 1. The van der Waals surface area contributed by atoms with E-state index in [-0.39, 0.29) is 5.41 Å². The van der Waals surface area contributed by atoms with Crippen LogP contribution in [0.3, 0.4) is 0 Å². The van der Waals surface area contributed by atoms with Gasteiger partial charge in [0.25, 0.3) is 0 Å². The molecule has 1 aromatic carbocycles. The summed E-state index contributed by atoms with van der Waals surface area (Å²) in [5.41, 5.74) is 6.55. The minimum atomic E-state index is -0.110. The molecular formula is C22H20OS3. The molecule has 0 spiro atoms. The zero-order valence-corrected chi connectivity index (χ0v) is 17.4. The van der Waals surface area contributed by atoms with E-state index in [2.05, 4.69) is 65.9 Å². The van der Waals surface area contributed by atoms with Crippen molar-refractivity contribution in [3.63, 3.8) is 0 Å². The summed E-state index contributed by atoms with van der Waals surface area (Å²) in [6.45, 7) is 6.41. The van der Waals surface area contributed by atoms with Gasteiger partial charge in [-0.15, -0.1) is 11.3 Å². The van der Waals surface area contributed by atoms with E-state index in [0.717, 1.165) is 16.7 Å². The maximum Gasteiger partial charge on any atom is 0.127 e. The van der Waals surface area contributed by atoms with Crippen LogP contribution in [-0.2, 0) is 5.41 Å². The third-order valence-corrected chi connectivity index (χ3v) is 6.92. The van der Waals surface area contributed by atoms with Crippen molar-refractivity contribution < 1.29 is 5.11 Å². The van der Waals surface area contributed by atoms with Gasteiger partial charge < -0.3 is 5.11 Å². The molecule has 0 amide bonds. The summed E-state index contributed by atoms with van der Waals surface area (Å²) in [6, 6.07) is 10.4. The van der Waals surface area contributed by atoms with Crippen LogP contribution in [0.5, 0.6) is 5.75 Å². The van der Waals surface area contributed by atoms with Crippen LogP contribution in [0.15, 0.2) is 57.2 Å². The van der Waals surface area contributed by atoms with Crippen LogP contribution in [0.25, 0.3) is 32.7 Å². The van der Waals surface area contributed by atoms with Crippen molar-refractivity contribution in [2.75, 3.05) is 0 Å². The summed E-state index contributed by atoms with van der Waals surface area (Å²) < 4.78 is 0. The summed E-state index contributed by atoms with van der Waals surface area (Å²) >= 11 is 5.15. The van der Waals surface area contributed by atoms with Crippen molar-refractivity contribution >= 4 is 34.0 Å². The highest BCUT2D eigenvalue weighted by atomic mass is 32.1. The fourth-order valence-electron chi connectivity index (χ4n) is 3.21. The van der Waals surface area contributed by atoms with Gasteiger partial charge in [0.1, 0.15) is 5.75 Å². The first-order valence-corrected chi connectivity index (χ1v) is 11.2. The average molecular weight is 397 g/mol. The number of phenolic OH excluding ortho intramolecular Hbond substituents is 1. The smallest absolute Gasteiger partial charge is 0.127 e. The molecule has 4 rings (SSSR count). The molecule has 1 N–H and O–H groups in total. The lowest BCUT2D eigenvalue weighted by atomic mass is 9.83. The van der Waals surface area contributed by atoms with Crippen molar-refractivity contribution in [1.29, 1.82) is 0 Å². The Hall–Kier alpha value is -1.88. The van der Waals surface area contributed by atoms with E-state index >= 15 is 0 Å². The van der Waals surface area contributed by atoms with Crippen molar-refractivity contribution in [2.24, 2.45) is 0 Å². The SMILES string of the molecule is CC(C)(C)c1cccc(-c2c(-c3ccsc3)csc2-c2ccsc2)c1O. The third-order valence-electron chi connectivity index (χ3n) is 4.52. The van der Waals surface area contributed by atoms with Crippen molar-refractivity contribution in [3.05, 3.63) is 62.8 Å². The Morgan fingerprint density at radius 1 is 0.808 bits per heavy atom. The highest BCUT2D eigenvalue weighted by Crippen LogP contribution is 2.49. The molecule has 0 saturated heterocycles. The molecule has 1 nitrogen and oxygen atoms in total. The first-order chi connectivity index (χ1) is 12.5. The molecule has 0 radical (unpaired) electrons. The predicted molar refractivity (Wildman–Crippen MR) is 117 cm³/mol. The van der Waals surface area contributed by atoms with Crippen LogP contribution in [0, 0.1) is 0 Å². The van der Waals surface area contributed by atoms with E-state index in [0.29, 0.717) is 5.75 Å². The number of rotatable bonds is 3. The number of hydrogen-bond donors (Lipinski definition) is 1. The molecule has 3 heterocycles. The quantitative estimate of drug-likeness (QED) is 0.373. The number of hydrogen-bond acceptors (Lipinski definition) is 4. The summed E-state index contributed by atoms with van der Waals surface area (Å²) in [4.78, 5) is 1.22. The van der Waals surface area contributed by atoms with Crippen LogP contribution in [0.1, 0.15) is 26.3 Å². The van der Waals surface area contributed by atoms with E-state index in [1.165, 1.54) is 21.6 Å². The number of thiophene rings is 3. The summed E-state index contributed by atoms with van der Waals surface area (Å²) in [7, 11) is 0. The molecule has 0 aliphatic rings. The van der Waals surface area contributed by atoms with Crippen molar-refractivity contribution in [1.82, 2.24) is 0 Å². The standard InChI is InChI=1S/C22H20OS3/c1-22(2,3)18-6-4-5-16(20(18)23)19-17(14-7-9-24-11-14)13-26-21(19)15-8-10-25-12-15/h4-13,23H,1-3H3. The van der Waals surface area contributed by atoms with Gasteiger partial charge in [-0.05, 0) is 55.6 Å². The molecule has 0 atom stereocenters. The Morgan fingerprint density at radius 3 is 2.12 bits per heavy atom. The molecule has 0 aliphatic heterocycles. The Bertz CT molecular complexity index is 964. The maximum atomic E-state index is 11.2. The first-order valence-electron chi connectivity index (χ1n) is 8.46. The lowest BCUT2D eigenvalue weighted by Gasteiger charge is -2.22. The monoisotopic (exact) mass is 396 g/mol. The van der Waals surface area contributed by atoms with Gasteiger partial charge in [0, 0.05) is 27.1 Å². The van der Waals surface area contributed by atoms with E-state index < -0.39 is 0 Å². The summed E-state index contributed by atoms with van der Waals surface area (Å²) in [6.07, 6.45) is 0. The lowest BCUT2D eigenvalue weighted by Crippen LogP contribution is -2.11. The molecule has 0 saturated carbocycles. The second-order valence-corrected chi connectivity index (χ2v) is 9.77. The Morgan fingerprint density at radius 2 is 1.50 bits per heavy atom. The zero-order valence-electron chi connectivity index (χ0n) is 14.9. The Kier molecular flexibility index (Phi) is 4.51. The second-order valence-electron chi connectivity index (χ2n) is 7.33. The summed E-state index contributed by atoms with van der Waals surface area (Å²) in [5.74, 6) is 0.395. The van der Waals surface area contributed by atoms with Gasteiger partial charge in [-0.25, -0.2) is 0 Å². The average Bonchev–Trinajstić information content (AvgIpc) is 3.33. The van der Waals surface area contributed by atoms with Crippen molar-refractivity contribution in [3.8, 4) is 38.4 Å². The molecule has 0 unspecified atom stereocenters. The van der Waals surface area contributed by atoms with E-state index in [1.54, 1.807) is 34.0 Å². The summed E-state index contributed by atoms with van der Waals surface area (Å²) in [5, 5.41) is 21.9.